The van der Waals surface area contributed by atoms with Gasteiger partial charge in [-0.25, -0.2) is 4.79 Å². The van der Waals surface area contributed by atoms with Crippen molar-refractivity contribution in [2.75, 3.05) is 26.8 Å². The lowest BCUT2D eigenvalue weighted by Gasteiger charge is -2.27. The number of nitrogens with one attached hydrogen (secondary N) is 1. The summed E-state index contributed by atoms with van der Waals surface area (Å²) in [6.07, 6.45) is -0.265. The highest BCUT2D eigenvalue weighted by Crippen LogP contribution is 2.22. The van der Waals surface area contributed by atoms with Crippen LogP contribution in [0.2, 0.25) is 5.02 Å². The molecule has 5 nitrogen and oxygen atoms in total. The smallest absolute Gasteiger partial charge is 0.317 e. The van der Waals surface area contributed by atoms with E-state index in [1.165, 1.54) is 0 Å². The van der Waals surface area contributed by atoms with Crippen molar-refractivity contribution in [3.8, 4) is 0 Å². The topological polar surface area (TPSA) is 61.8 Å². The molecule has 0 spiro atoms. The molecule has 0 fully saturated rings. The minimum atomic E-state index is -0.265. The molecule has 2 atom stereocenters. The number of nitrogens with zero attached hydrogens (tertiary/aromatic N) is 1. The Balaban J connectivity index is 2.72. The predicted molar refractivity (Wildman–Crippen MR) is 83.5 cm³/mol. The van der Waals surface area contributed by atoms with Gasteiger partial charge in [-0.3, -0.25) is 0 Å². The monoisotopic (exact) mass is 314 g/mol. The molecule has 0 bridgehead atoms. The highest BCUT2D eigenvalue weighted by atomic mass is 35.5. The summed E-state index contributed by atoms with van der Waals surface area (Å²) >= 11 is 5.88. The molecule has 21 heavy (non-hydrogen) atoms. The van der Waals surface area contributed by atoms with Gasteiger partial charge in [-0.2, -0.15) is 0 Å². The van der Waals surface area contributed by atoms with Crippen LogP contribution in [0.4, 0.5) is 4.79 Å². The molecule has 0 aliphatic heterocycles. The van der Waals surface area contributed by atoms with Crippen LogP contribution in [0.15, 0.2) is 24.3 Å². The highest BCUT2D eigenvalue weighted by molar-refractivity contribution is 6.30. The maximum atomic E-state index is 12.1. The van der Waals surface area contributed by atoms with Gasteiger partial charge in [-0.1, -0.05) is 23.7 Å². The SMILES string of the molecule is CCN(CCO)C(=O)NC(C)C(OC)c1ccc(Cl)cc1. The predicted octanol–water partition coefficient (Wildman–Crippen LogP) is 2.44. The standard InChI is InChI=1S/C15H23ClN2O3/c1-4-18(9-10-19)15(20)17-11(2)14(21-3)12-5-7-13(16)8-6-12/h5-8,11,14,19H,4,9-10H2,1-3H3,(H,17,20). The van der Waals surface area contributed by atoms with E-state index in [1.807, 2.05) is 26.0 Å². The van der Waals surface area contributed by atoms with Gasteiger partial charge >= 0.3 is 6.03 Å². The van der Waals surface area contributed by atoms with Crippen molar-refractivity contribution in [3.05, 3.63) is 34.9 Å². The average Bonchev–Trinajstić information content (AvgIpc) is 2.47. The largest absolute Gasteiger partial charge is 0.395 e. The molecular weight excluding hydrogens is 292 g/mol. The number of halogens is 1. The number of likely N-dealkylation sites (N-methyl/N-ethyl adjacent to an activating group) is 1. The van der Waals surface area contributed by atoms with Gasteiger partial charge in [0.2, 0.25) is 0 Å². The van der Waals surface area contributed by atoms with Gasteiger partial charge < -0.3 is 20.1 Å². The lowest BCUT2D eigenvalue weighted by atomic mass is 10.0. The van der Waals surface area contributed by atoms with Crippen molar-refractivity contribution >= 4 is 17.6 Å². The summed E-state index contributed by atoms with van der Waals surface area (Å²) in [5, 5.41) is 12.5. The van der Waals surface area contributed by atoms with E-state index in [-0.39, 0.29) is 24.8 Å². The van der Waals surface area contributed by atoms with Gasteiger partial charge in [-0.15, -0.1) is 0 Å². The molecule has 2 amide bonds. The second-order valence-corrected chi connectivity index (χ2v) is 5.19. The molecule has 2 unspecified atom stereocenters. The number of benzene rings is 1. The van der Waals surface area contributed by atoms with E-state index in [0.717, 1.165) is 5.56 Å². The first-order valence-electron chi connectivity index (χ1n) is 6.98. The quantitative estimate of drug-likeness (QED) is 0.812. The van der Waals surface area contributed by atoms with Crippen LogP contribution in [0.25, 0.3) is 0 Å². The van der Waals surface area contributed by atoms with Crippen LogP contribution >= 0.6 is 11.6 Å². The molecular formula is C15H23ClN2O3. The van der Waals surface area contributed by atoms with Gasteiger partial charge in [0, 0.05) is 25.2 Å². The molecule has 0 radical (unpaired) electrons. The van der Waals surface area contributed by atoms with Gasteiger partial charge in [0.15, 0.2) is 0 Å². The molecule has 118 valence electrons. The Morgan fingerprint density at radius 1 is 1.43 bits per heavy atom. The van der Waals surface area contributed by atoms with Crippen molar-refractivity contribution < 1.29 is 14.6 Å². The van der Waals surface area contributed by atoms with Crippen molar-refractivity contribution in [2.45, 2.75) is 26.0 Å². The Morgan fingerprint density at radius 3 is 2.52 bits per heavy atom. The molecule has 1 aromatic carbocycles. The number of aliphatic hydroxyl groups is 1. The zero-order chi connectivity index (χ0) is 15.8. The summed E-state index contributed by atoms with van der Waals surface area (Å²) in [6, 6.07) is 6.92. The number of aliphatic hydroxyl groups excluding tert-OH is 1. The number of carbonyl (C=O) groups is 1. The van der Waals surface area contributed by atoms with Crippen LogP contribution in [0.3, 0.4) is 0 Å². The first-order chi connectivity index (χ1) is 10.0. The molecule has 1 rings (SSSR count). The minimum Gasteiger partial charge on any atom is -0.395 e. The third-order valence-electron chi connectivity index (χ3n) is 3.30. The number of ether oxygens (including phenoxy) is 1. The maximum absolute atomic E-state index is 12.1. The summed E-state index contributed by atoms with van der Waals surface area (Å²) in [7, 11) is 1.60. The summed E-state index contributed by atoms with van der Waals surface area (Å²) < 4.78 is 5.49. The minimum absolute atomic E-state index is 0.0550. The van der Waals surface area contributed by atoms with E-state index in [0.29, 0.717) is 18.1 Å². The van der Waals surface area contributed by atoms with E-state index < -0.39 is 0 Å². The zero-order valence-corrected chi connectivity index (χ0v) is 13.4. The van der Waals surface area contributed by atoms with Crippen LogP contribution in [0.1, 0.15) is 25.5 Å². The second kappa shape index (κ2) is 8.87. The Kier molecular flexibility index (Phi) is 7.50. The summed E-state index contributed by atoms with van der Waals surface area (Å²) in [5.74, 6) is 0. The molecule has 0 aromatic heterocycles. The Labute approximate surface area is 130 Å². The van der Waals surface area contributed by atoms with Crippen LogP contribution < -0.4 is 5.32 Å². The van der Waals surface area contributed by atoms with E-state index >= 15 is 0 Å². The van der Waals surface area contributed by atoms with Crippen LogP contribution in [-0.4, -0.2) is 48.9 Å². The average molecular weight is 315 g/mol. The molecule has 0 saturated carbocycles. The number of carbonyl (C=O) groups excluding carboxylic acids is 1. The lowest BCUT2D eigenvalue weighted by molar-refractivity contribution is 0.0732. The molecule has 2 N–H and O–H groups in total. The molecule has 6 heteroatoms. The number of hydrogen-bond acceptors (Lipinski definition) is 3. The lowest BCUT2D eigenvalue weighted by Crippen LogP contribution is -2.47. The fraction of sp³-hybridized carbons (Fsp3) is 0.533. The summed E-state index contributed by atoms with van der Waals surface area (Å²) in [6.45, 7) is 4.55. The van der Waals surface area contributed by atoms with Crippen molar-refractivity contribution in [1.29, 1.82) is 0 Å². The number of hydrogen-bond donors (Lipinski definition) is 2. The second-order valence-electron chi connectivity index (χ2n) is 4.75. The zero-order valence-electron chi connectivity index (χ0n) is 12.7. The van der Waals surface area contributed by atoms with Gasteiger partial charge in [0.05, 0.1) is 12.6 Å². The van der Waals surface area contributed by atoms with E-state index in [1.54, 1.807) is 24.1 Å². The van der Waals surface area contributed by atoms with Gasteiger partial charge in [0.25, 0.3) is 0 Å². The fourth-order valence-electron chi connectivity index (χ4n) is 2.17. The Morgan fingerprint density at radius 2 is 2.05 bits per heavy atom. The number of rotatable bonds is 7. The molecule has 0 aliphatic rings. The van der Waals surface area contributed by atoms with Crippen molar-refractivity contribution in [3.63, 3.8) is 0 Å². The molecule has 0 saturated heterocycles. The molecule has 1 aromatic rings. The van der Waals surface area contributed by atoms with E-state index in [9.17, 15) is 4.79 Å². The van der Waals surface area contributed by atoms with Crippen LogP contribution in [-0.2, 0) is 4.74 Å². The van der Waals surface area contributed by atoms with Gasteiger partial charge in [0.1, 0.15) is 6.10 Å². The van der Waals surface area contributed by atoms with E-state index in [2.05, 4.69) is 5.32 Å². The third kappa shape index (κ3) is 5.19. The number of methoxy groups -OCH3 is 1. The normalized spacial score (nSPS) is 13.6. The number of urea groups is 1. The first-order valence-corrected chi connectivity index (χ1v) is 7.35. The fourth-order valence-corrected chi connectivity index (χ4v) is 2.29. The molecule has 0 aliphatic carbocycles. The highest BCUT2D eigenvalue weighted by Gasteiger charge is 2.22. The molecule has 0 heterocycles. The van der Waals surface area contributed by atoms with Gasteiger partial charge in [-0.05, 0) is 31.5 Å². The first kappa shape index (κ1) is 17.8. The van der Waals surface area contributed by atoms with Crippen molar-refractivity contribution in [2.24, 2.45) is 0 Å². The Hall–Kier alpha value is -1.30. The van der Waals surface area contributed by atoms with Crippen LogP contribution in [0, 0.1) is 0 Å². The Bertz CT molecular complexity index is 439. The summed E-state index contributed by atoms with van der Waals surface area (Å²) in [5.41, 5.74) is 0.944. The van der Waals surface area contributed by atoms with Crippen LogP contribution in [0.5, 0.6) is 0 Å². The summed E-state index contributed by atoms with van der Waals surface area (Å²) in [4.78, 5) is 13.7. The van der Waals surface area contributed by atoms with E-state index in [4.69, 9.17) is 21.4 Å². The van der Waals surface area contributed by atoms with Crippen molar-refractivity contribution in [1.82, 2.24) is 10.2 Å². The number of amides is 2. The maximum Gasteiger partial charge on any atom is 0.317 e. The third-order valence-corrected chi connectivity index (χ3v) is 3.55.